The number of hydrogen-bond acceptors (Lipinski definition) is 6. The van der Waals surface area contributed by atoms with Crippen LogP contribution in [0.3, 0.4) is 0 Å². The SMILES string of the molecule is CP(C)(=O)c1cnc2nccc(Nc3ccc4scnc4c3)c2c1. The standard InChI is InChI=1S/C17H15N4OPS/c1-23(2,22)12-8-13-14(5-6-18-17(13)19-9-12)21-11-3-4-16-15(7-11)20-10-24-16/h3-10H,1-2H3,(H,18,19,21). The van der Waals surface area contributed by atoms with Crippen LogP contribution in [0.2, 0.25) is 0 Å². The Balaban J connectivity index is 1.81. The summed E-state index contributed by atoms with van der Waals surface area (Å²) >= 11 is 1.62. The fourth-order valence-corrected chi connectivity index (χ4v) is 3.95. The van der Waals surface area contributed by atoms with E-state index in [1.54, 1.807) is 37.1 Å². The van der Waals surface area contributed by atoms with Crippen molar-refractivity contribution in [2.75, 3.05) is 18.6 Å². The third-order valence-corrected chi connectivity index (χ3v) is 6.11. The molecule has 0 atom stereocenters. The van der Waals surface area contributed by atoms with Crippen molar-refractivity contribution in [2.45, 2.75) is 0 Å². The first-order valence-corrected chi connectivity index (χ1v) is 10.9. The van der Waals surface area contributed by atoms with E-state index in [0.29, 0.717) is 5.65 Å². The van der Waals surface area contributed by atoms with Gasteiger partial charge in [-0.2, -0.15) is 0 Å². The summed E-state index contributed by atoms with van der Waals surface area (Å²) in [4.78, 5) is 13.0. The van der Waals surface area contributed by atoms with Gasteiger partial charge in [0, 0.05) is 28.8 Å². The van der Waals surface area contributed by atoms with Crippen LogP contribution in [0.15, 0.2) is 48.2 Å². The summed E-state index contributed by atoms with van der Waals surface area (Å²) in [6.45, 7) is 3.49. The van der Waals surface area contributed by atoms with E-state index >= 15 is 0 Å². The number of hydrogen-bond donors (Lipinski definition) is 1. The average molecular weight is 354 g/mol. The van der Waals surface area contributed by atoms with Gasteiger partial charge in [-0.3, -0.25) is 0 Å². The molecule has 0 saturated carbocycles. The van der Waals surface area contributed by atoms with Gasteiger partial charge in [-0.1, -0.05) is 0 Å². The van der Waals surface area contributed by atoms with Gasteiger partial charge < -0.3 is 9.88 Å². The van der Waals surface area contributed by atoms with Crippen LogP contribution in [0.1, 0.15) is 0 Å². The van der Waals surface area contributed by atoms with Crippen molar-refractivity contribution in [1.82, 2.24) is 15.0 Å². The van der Waals surface area contributed by atoms with E-state index in [9.17, 15) is 4.57 Å². The Hall–Kier alpha value is -2.30. The van der Waals surface area contributed by atoms with Crippen molar-refractivity contribution in [3.8, 4) is 0 Å². The number of anilines is 2. The molecule has 0 amide bonds. The second kappa shape index (κ2) is 5.65. The summed E-state index contributed by atoms with van der Waals surface area (Å²) in [6.07, 6.45) is 3.37. The number of rotatable bonds is 3. The Morgan fingerprint density at radius 2 is 1.96 bits per heavy atom. The predicted octanol–water partition coefficient (Wildman–Crippen LogP) is 4.23. The molecule has 0 bridgehead atoms. The molecule has 3 aromatic heterocycles. The first-order valence-electron chi connectivity index (χ1n) is 7.41. The lowest BCUT2D eigenvalue weighted by molar-refractivity contribution is 0.588. The number of pyridine rings is 2. The Bertz CT molecular complexity index is 1100. The Labute approximate surface area is 143 Å². The van der Waals surface area contributed by atoms with Crippen molar-refractivity contribution in [3.05, 3.63) is 48.2 Å². The van der Waals surface area contributed by atoms with E-state index in [4.69, 9.17) is 0 Å². The molecule has 0 fully saturated rings. The minimum atomic E-state index is -2.38. The number of benzene rings is 1. The molecule has 4 rings (SSSR count). The average Bonchev–Trinajstić information content (AvgIpc) is 3.01. The van der Waals surface area contributed by atoms with Crippen LogP contribution in [0.4, 0.5) is 11.4 Å². The summed E-state index contributed by atoms with van der Waals surface area (Å²) in [5, 5.41) is 5.01. The van der Waals surface area contributed by atoms with Crippen molar-refractivity contribution in [2.24, 2.45) is 0 Å². The molecule has 1 N–H and O–H groups in total. The molecular formula is C17H15N4OPS. The minimum Gasteiger partial charge on any atom is -0.355 e. The maximum Gasteiger partial charge on any atom is 0.161 e. The molecule has 0 unspecified atom stereocenters. The fraction of sp³-hybridized carbons (Fsp3) is 0.118. The molecule has 0 saturated heterocycles. The molecule has 0 aliphatic carbocycles. The minimum absolute atomic E-state index is 0.631. The Morgan fingerprint density at radius 1 is 1.08 bits per heavy atom. The third kappa shape index (κ3) is 2.79. The number of aromatic nitrogens is 3. The van der Waals surface area contributed by atoms with E-state index < -0.39 is 7.14 Å². The van der Waals surface area contributed by atoms with Gasteiger partial charge in [-0.15, -0.1) is 11.3 Å². The van der Waals surface area contributed by atoms with Crippen molar-refractivity contribution in [3.63, 3.8) is 0 Å². The molecule has 4 aromatic rings. The van der Waals surface area contributed by atoms with Gasteiger partial charge in [0.1, 0.15) is 7.14 Å². The van der Waals surface area contributed by atoms with Crippen LogP contribution in [-0.4, -0.2) is 28.3 Å². The Kier molecular flexibility index (Phi) is 3.59. The van der Waals surface area contributed by atoms with Crippen LogP contribution in [0.25, 0.3) is 21.3 Å². The maximum absolute atomic E-state index is 12.4. The highest BCUT2D eigenvalue weighted by atomic mass is 32.1. The second-order valence-electron chi connectivity index (χ2n) is 5.93. The predicted molar refractivity (Wildman–Crippen MR) is 102 cm³/mol. The van der Waals surface area contributed by atoms with Crippen LogP contribution in [0, 0.1) is 0 Å². The summed E-state index contributed by atoms with van der Waals surface area (Å²) in [5.74, 6) is 0. The fourth-order valence-electron chi connectivity index (χ4n) is 2.51. The van der Waals surface area contributed by atoms with Crippen molar-refractivity contribution < 1.29 is 4.57 Å². The molecule has 120 valence electrons. The van der Waals surface area contributed by atoms with E-state index in [0.717, 1.165) is 32.3 Å². The Morgan fingerprint density at radius 3 is 2.79 bits per heavy atom. The van der Waals surface area contributed by atoms with E-state index in [2.05, 4.69) is 26.3 Å². The molecule has 5 nitrogen and oxygen atoms in total. The van der Waals surface area contributed by atoms with Gasteiger partial charge >= 0.3 is 0 Å². The summed E-state index contributed by atoms with van der Waals surface area (Å²) in [5.41, 5.74) is 5.27. The van der Waals surface area contributed by atoms with Crippen molar-refractivity contribution >= 4 is 56.4 Å². The quantitative estimate of drug-likeness (QED) is 0.558. The first kappa shape index (κ1) is 15.2. The van der Waals surface area contributed by atoms with Gasteiger partial charge in [-0.25, -0.2) is 15.0 Å². The van der Waals surface area contributed by atoms with Gasteiger partial charge in [0.05, 0.1) is 21.4 Å². The van der Waals surface area contributed by atoms with Gasteiger partial charge in [-0.05, 0) is 43.7 Å². The van der Waals surface area contributed by atoms with Crippen molar-refractivity contribution in [1.29, 1.82) is 0 Å². The summed E-state index contributed by atoms with van der Waals surface area (Å²) < 4.78 is 13.5. The van der Waals surface area contributed by atoms with Gasteiger partial charge in [0.2, 0.25) is 0 Å². The monoisotopic (exact) mass is 354 g/mol. The molecule has 0 radical (unpaired) electrons. The topological polar surface area (TPSA) is 67.8 Å². The number of nitrogens with one attached hydrogen (secondary N) is 1. The molecule has 24 heavy (non-hydrogen) atoms. The molecular weight excluding hydrogens is 339 g/mol. The summed E-state index contributed by atoms with van der Waals surface area (Å²) in [6, 6.07) is 9.90. The highest BCUT2D eigenvalue weighted by Crippen LogP contribution is 2.36. The van der Waals surface area contributed by atoms with Crippen LogP contribution in [-0.2, 0) is 4.57 Å². The third-order valence-electron chi connectivity index (χ3n) is 3.81. The zero-order valence-corrected chi connectivity index (χ0v) is 14.9. The molecule has 7 heteroatoms. The largest absolute Gasteiger partial charge is 0.355 e. The lowest BCUT2D eigenvalue weighted by Gasteiger charge is -2.12. The lowest BCUT2D eigenvalue weighted by Crippen LogP contribution is -2.05. The molecule has 3 heterocycles. The lowest BCUT2D eigenvalue weighted by atomic mass is 10.2. The number of nitrogens with zero attached hydrogens (tertiary/aromatic N) is 3. The normalized spacial score (nSPS) is 11.9. The van der Waals surface area contributed by atoms with Gasteiger partial charge in [0.25, 0.3) is 0 Å². The van der Waals surface area contributed by atoms with Crippen LogP contribution >= 0.6 is 18.5 Å². The number of thiazole rings is 1. The molecule has 0 aliphatic heterocycles. The van der Waals surface area contributed by atoms with Crippen LogP contribution in [0.5, 0.6) is 0 Å². The number of fused-ring (bicyclic) bond motifs is 2. The zero-order valence-electron chi connectivity index (χ0n) is 13.2. The summed E-state index contributed by atoms with van der Waals surface area (Å²) in [7, 11) is -2.38. The zero-order chi connectivity index (χ0) is 16.7. The highest BCUT2D eigenvalue weighted by Gasteiger charge is 2.14. The second-order valence-corrected chi connectivity index (χ2v) is 10.0. The van der Waals surface area contributed by atoms with E-state index in [-0.39, 0.29) is 0 Å². The van der Waals surface area contributed by atoms with Crippen LogP contribution < -0.4 is 10.6 Å². The smallest absolute Gasteiger partial charge is 0.161 e. The highest BCUT2D eigenvalue weighted by molar-refractivity contribution is 7.70. The maximum atomic E-state index is 12.4. The van der Waals surface area contributed by atoms with E-state index in [1.807, 2.05) is 29.8 Å². The first-order chi connectivity index (χ1) is 11.5. The molecule has 0 aliphatic rings. The molecule has 1 aromatic carbocycles. The van der Waals surface area contributed by atoms with E-state index in [1.165, 1.54) is 0 Å². The molecule has 0 spiro atoms. The van der Waals surface area contributed by atoms with Gasteiger partial charge in [0.15, 0.2) is 5.65 Å².